The van der Waals surface area contributed by atoms with E-state index in [4.69, 9.17) is 8.83 Å². The molecule has 0 bridgehead atoms. The summed E-state index contributed by atoms with van der Waals surface area (Å²) in [5, 5.41) is 4.55. The molecule has 11 aromatic carbocycles. The fourth-order valence-corrected chi connectivity index (χ4v) is 10.3. The molecule has 0 saturated heterocycles. The van der Waals surface area contributed by atoms with Gasteiger partial charge in [0.15, 0.2) is 0 Å². The molecule has 0 aliphatic rings. The van der Waals surface area contributed by atoms with Crippen LogP contribution in [0.5, 0.6) is 0 Å². The van der Waals surface area contributed by atoms with Gasteiger partial charge in [0.25, 0.3) is 0 Å². The minimum Gasteiger partial charge on any atom is -0.456 e. The Morgan fingerprint density at radius 3 is 0.971 bits per heavy atom. The summed E-state index contributed by atoms with van der Waals surface area (Å²) in [6.45, 7) is 0. The first kappa shape index (κ1) is 40.3. The lowest BCUT2D eigenvalue weighted by Crippen LogP contribution is -2.04. The molecule has 0 aliphatic carbocycles. The van der Waals surface area contributed by atoms with Crippen LogP contribution in [-0.4, -0.2) is 0 Å². The van der Waals surface area contributed by atoms with E-state index in [0.717, 1.165) is 43.9 Å². The molecule has 0 amide bonds. The van der Waals surface area contributed by atoms with Crippen molar-refractivity contribution in [2.24, 2.45) is 0 Å². The van der Waals surface area contributed by atoms with E-state index in [-0.39, 0.29) is 5.92 Å². The van der Waals surface area contributed by atoms with Gasteiger partial charge < -0.3 is 8.83 Å². The van der Waals surface area contributed by atoms with E-state index in [0.29, 0.717) is 0 Å². The Hall–Kier alpha value is -8.98. The molecule has 0 fully saturated rings. The summed E-state index contributed by atoms with van der Waals surface area (Å²) in [6, 6.07) is 94.3. The van der Waals surface area contributed by atoms with Crippen molar-refractivity contribution in [1.29, 1.82) is 0 Å². The molecule has 2 heteroatoms. The second kappa shape index (κ2) is 17.0. The van der Waals surface area contributed by atoms with Gasteiger partial charge in [0, 0.05) is 27.5 Å². The number of furan rings is 2. The number of benzene rings is 11. The molecular weight excluding hydrogens is 837 g/mol. The molecule has 0 radical (unpaired) electrons. The highest BCUT2D eigenvalue weighted by molar-refractivity contribution is 6.07. The molecule has 13 aromatic rings. The quantitative estimate of drug-likeness (QED) is 0.135. The summed E-state index contributed by atoms with van der Waals surface area (Å²) in [7, 11) is 0. The molecular formula is C67H44O2. The maximum absolute atomic E-state index is 6.14. The molecule has 0 unspecified atom stereocenters. The summed E-state index contributed by atoms with van der Waals surface area (Å²) in [5.41, 5.74) is 21.6. The van der Waals surface area contributed by atoms with E-state index in [9.17, 15) is 0 Å². The van der Waals surface area contributed by atoms with Crippen LogP contribution in [-0.2, 0) is 0 Å². The summed E-state index contributed by atoms with van der Waals surface area (Å²) < 4.78 is 12.3. The van der Waals surface area contributed by atoms with Gasteiger partial charge in [-0.1, -0.05) is 206 Å². The van der Waals surface area contributed by atoms with Crippen LogP contribution in [0.25, 0.3) is 111 Å². The highest BCUT2D eigenvalue weighted by Crippen LogP contribution is 2.39. The monoisotopic (exact) mass is 880 g/mol. The van der Waals surface area contributed by atoms with E-state index in [1.807, 2.05) is 24.3 Å². The third kappa shape index (κ3) is 7.59. The predicted octanol–water partition coefficient (Wildman–Crippen LogP) is 18.7. The molecule has 0 atom stereocenters. The zero-order chi connectivity index (χ0) is 45.7. The number of rotatable bonds is 9. The number of hydrogen-bond acceptors (Lipinski definition) is 2. The highest BCUT2D eigenvalue weighted by atomic mass is 16.3. The van der Waals surface area contributed by atoms with Crippen LogP contribution >= 0.6 is 0 Å². The average molecular weight is 881 g/mol. The maximum Gasteiger partial charge on any atom is 0.135 e. The minimum atomic E-state index is -0.00366. The van der Waals surface area contributed by atoms with Gasteiger partial charge in [0.1, 0.15) is 22.3 Å². The van der Waals surface area contributed by atoms with Crippen molar-refractivity contribution >= 4 is 43.9 Å². The van der Waals surface area contributed by atoms with Gasteiger partial charge in [-0.05, 0) is 138 Å². The van der Waals surface area contributed by atoms with Gasteiger partial charge in [-0.15, -0.1) is 0 Å². The van der Waals surface area contributed by atoms with Crippen molar-refractivity contribution in [1.82, 2.24) is 0 Å². The smallest absolute Gasteiger partial charge is 0.135 e. The summed E-state index contributed by atoms with van der Waals surface area (Å²) in [6.07, 6.45) is 0. The number of fused-ring (bicyclic) bond motifs is 6. The van der Waals surface area contributed by atoms with Gasteiger partial charge >= 0.3 is 0 Å². The molecule has 0 N–H and O–H groups in total. The Kier molecular flexibility index (Phi) is 9.95. The topological polar surface area (TPSA) is 26.3 Å². The van der Waals surface area contributed by atoms with Crippen molar-refractivity contribution in [3.63, 3.8) is 0 Å². The zero-order valence-corrected chi connectivity index (χ0v) is 37.7. The third-order valence-corrected chi connectivity index (χ3v) is 13.8. The van der Waals surface area contributed by atoms with Crippen molar-refractivity contribution in [2.75, 3.05) is 0 Å². The lowest BCUT2D eigenvalue weighted by Gasteiger charge is -2.21. The van der Waals surface area contributed by atoms with Gasteiger partial charge in [-0.2, -0.15) is 0 Å². The SMILES string of the molecule is c1ccc(-c2cccc(-c3cccc(C(c4ccc(-c5cccc(-c6ccc7oc8ccccc8c7c6)c5)cc4)c4ccc(-c5cccc(-c6ccc7oc8ccccc8c7c6)c5)cc4)c3)c2)cc1. The van der Waals surface area contributed by atoms with Crippen LogP contribution in [0.2, 0.25) is 0 Å². The van der Waals surface area contributed by atoms with E-state index in [1.54, 1.807) is 0 Å². The van der Waals surface area contributed by atoms with Crippen molar-refractivity contribution < 1.29 is 8.83 Å². The van der Waals surface area contributed by atoms with E-state index < -0.39 is 0 Å². The molecule has 2 heterocycles. The van der Waals surface area contributed by atoms with Crippen LogP contribution in [0.3, 0.4) is 0 Å². The molecule has 13 rings (SSSR count). The van der Waals surface area contributed by atoms with Crippen LogP contribution in [0.15, 0.2) is 270 Å². The fraction of sp³-hybridized carbons (Fsp3) is 0.0149. The zero-order valence-electron chi connectivity index (χ0n) is 37.7. The second-order valence-corrected chi connectivity index (χ2v) is 18.0. The second-order valence-electron chi connectivity index (χ2n) is 18.0. The first-order chi connectivity index (χ1) is 34.1. The van der Waals surface area contributed by atoms with Gasteiger partial charge in [-0.25, -0.2) is 0 Å². The third-order valence-electron chi connectivity index (χ3n) is 13.8. The van der Waals surface area contributed by atoms with Crippen LogP contribution in [0, 0.1) is 0 Å². The normalized spacial score (nSPS) is 11.6. The number of hydrogen-bond donors (Lipinski definition) is 0. The molecule has 324 valence electrons. The van der Waals surface area contributed by atoms with E-state index in [1.165, 1.54) is 83.5 Å². The minimum absolute atomic E-state index is 0.00366. The summed E-state index contributed by atoms with van der Waals surface area (Å²) in [5.74, 6) is -0.00366. The Bertz CT molecular complexity index is 3800. The average Bonchev–Trinajstić information content (AvgIpc) is 4.00. The van der Waals surface area contributed by atoms with Crippen LogP contribution in [0.4, 0.5) is 0 Å². The van der Waals surface area contributed by atoms with Crippen molar-refractivity contribution in [3.05, 3.63) is 278 Å². The number of para-hydroxylation sites is 2. The van der Waals surface area contributed by atoms with Gasteiger partial charge in [-0.3, -0.25) is 0 Å². The lowest BCUT2D eigenvalue weighted by atomic mass is 9.83. The fourth-order valence-electron chi connectivity index (χ4n) is 10.3. The van der Waals surface area contributed by atoms with Crippen LogP contribution in [0.1, 0.15) is 22.6 Å². The summed E-state index contributed by atoms with van der Waals surface area (Å²) >= 11 is 0. The Labute approximate surface area is 401 Å². The molecule has 0 saturated carbocycles. The highest BCUT2D eigenvalue weighted by Gasteiger charge is 2.19. The van der Waals surface area contributed by atoms with Gasteiger partial charge in [0.2, 0.25) is 0 Å². The standard InChI is InChI=1S/C67H44O2/c1-2-12-44(13-3-1)49-14-8-17-52(38-49)55-20-11-21-58(41-55)67(47-30-26-45(27-31-47)50-15-9-18-53(39-50)56-34-36-65-61(42-56)59-22-4-6-24-63(59)68-65)48-32-28-46(29-33-48)51-16-10-19-54(40-51)57-35-37-66-62(43-57)60-23-5-7-25-64(60)69-66/h1-43,67H. The molecule has 2 nitrogen and oxygen atoms in total. The Balaban J connectivity index is 0.852. The molecule has 0 aliphatic heterocycles. The predicted molar refractivity (Wildman–Crippen MR) is 287 cm³/mol. The molecule has 2 aromatic heterocycles. The Morgan fingerprint density at radius 2 is 0.507 bits per heavy atom. The van der Waals surface area contributed by atoms with Crippen LogP contribution < -0.4 is 0 Å². The van der Waals surface area contributed by atoms with E-state index in [2.05, 4.69) is 237 Å². The first-order valence-corrected chi connectivity index (χ1v) is 23.7. The van der Waals surface area contributed by atoms with Gasteiger partial charge in [0.05, 0.1) is 0 Å². The first-order valence-electron chi connectivity index (χ1n) is 23.7. The lowest BCUT2D eigenvalue weighted by molar-refractivity contribution is 0.668. The maximum atomic E-state index is 6.14. The Morgan fingerprint density at radius 1 is 0.188 bits per heavy atom. The summed E-state index contributed by atoms with van der Waals surface area (Å²) in [4.78, 5) is 0. The molecule has 0 spiro atoms. The largest absolute Gasteiger partial charge is 0.456 e. The van der Waals surface area contributed by atoms with Crippen molar-refractivity contribution in [3.8, 4) is 66.8 Å². The van der Waals surface area contributed by atoms with Crippen molar-refractivity contribution in [2.45, 2.75) is 5.92 Å². The van der Waals surface area contributed by atoms with E-state index >= 15 is 0 Å². The molecule has 69 heavy (non-hydrogen) atoms.